The number of carbonyl (C=O) groups is 1. The molecule has 0 N–H and O–H groups in total. The number of hydrogen-bond donors (Lipinski definition) is 0. The number of amides is 1. The Bertz CT molecular complexity index is 956. The summed E-state index contributed by atoms with van der Waals surface area (Å²) < 4.78 is 9.19. The van der Waals surface area contributed by atoms with E-state index in [1.54, 1.807) is 15.6 Å². The molecule has 1 aliphatic heterocycles. The summed E-state index contributed by atoms with van der Waals surface area (Å²) in [6.07, 6.45) is 9.02. The molecule has 0 bridgehead atoms. The average Bonchev–Trinajstić information content (AvgIpc) is 3.42. The van der Waals surface area contributed by atoms with Crippen molar-refractivity contribution in [3.63, 3.8) is 0 Å². The lowest BCUT2D eigenvalue weighted by atomic mass is 9.95. The van der Waals surface area contributed by atoms with Crippen molar-refractivity contribution in [1.29, 1.82) is 0 Å². The van der Waals surface area contributed by atoms with Crippen LogP contribution in [0.1, 0.15) is 48.7 Å². The van der Waals surface area contributed by atoms with Gasteiger partial charge in [0.15, 0.2) is 5.76 Å². The molecular weight excluding hydrogens is 356 g/mol. The first-order chi connectivity index (χ1) is 13.5. The van der Waals surface area contributed by atoms with Gasteiger partial charge >= 0.3 is 0 Å². The number of hydrogen-bond acceptors (Lipinski definition) is 5. The lowest BCUT2D eigenvalue weighted by molar-refractivity contribution is -0.135. The van der Waals surface area contributed by atoms with Crippen LogP contribution >= 0.6 is 0 Å². The third-order valence-electron chi connectivity index (χ3n) is 5.51. The van der Waals surface area contributed by atoms with Crippen LogP contribution in [0, 0.1) is 13.8 Å². The number of carbonyl (C=O) groups excluding carboxylic acids is 1. The van der Waals surface area contributed by atoms with Gasteiger partial charge in [0.1, 0.15) is 0 Å². The highest BCUT2D eigenvalue weighted by atomic mass is 16.5. The van der Waals surface area contributed by atoms with Crippen molar-refractivity contribution < 1.29 is 9.32 Å². The summed E-state index contributed by atoms with van der Waals surface area (Å²) in [5, 5.41) is 13.0. The van der Waals surface area contributed by atoms with Gasteiger partial charge in [-0.1, -0.05) is 5.16 Å². The molecule has 8 nitrogen and oxygen atoms in total. The van der Waals surface area contributed by atoms with Crippen LogP contribution in [0.2, 0.25) is 0 Å². The van der Waals surface area contributed by atoms with Crippen LogP contribution in [0.3, 0.4) is 0 Å². The number of likely N-dealkylation sites (tertiary alicyclic amines) is 1. The Labute approximate surface area is 164 Å². The zero-order valence-electron chi connectivity index (χ0n) is 16.6. The van der Waals surface area contributed by atoms with Gasteiger partial charge in [-0.15, -0.1) is 0 Å². The molecule has 0 aliphatic carbocycles. The van der Waals surface area contributed by atoms with Gasteiger partial charge in [0.05, 0.1) is 23.0 Å². The van der Waals surface area contributed by atoms with E-state index in [4.69, 9.17) is 9.62 Å². The van der Waals surface area contributed by atoms with Gasteiger partial charge in [-0.3, -0.25) is 14.2 Å². The number of nitrogens with zero attached hydrogens (tertiary/aromatic N) is 6. The maximum absolute atomic E-state index is 13.0. The van der Waals surface area contributed by atoms with Gasteiger partial charge in [-0.2, -0.15) is 10.2 Å². The van der Waals surface area contributed by atoms with Crippen molar-refractivity contribution in [1.82, 2.24) is 29.6 Å². The second-order valence-corrected chi connectivity index (χ2v) is 7.44. The Morgan fingerprint density at radius 3 is 2.89 bits per heavy atom. The van der Waals surface area contributed by atoms with Crippen LogP contribution in [0.15, 0.2) is 29.2 Å². The topological polar surface area (TPSA) is 82.0 Å². The van der Waals surface area contributed by atoms with Gasteiger partial charge in [-0.05, 0) is 39.2 Å². The van der Waals surface area contributed by atoms with Crippen molar-refractivity contribution in [3.8, 4) is 11.3 Å². The van der Waals surface area contributed by atoms with Crippen molar-refractivity contribution in [2.24, 2.45) is 7.05 Å². The number of aromatic nitrogens is 5. The van der Waals surface area contributed by atoms with E-state index >= 15 is 0 Å². The minimum Gasteiger partial charge on any atom is -0.356 e. The molecule has 1 aliphatic rings. The van der Waals surface area contributed by atoms with Crippen LogP contribution in [-0.2, 0) is 18.4 Å². The minimum atomic E-state index is -0.0418. The molecule has 0 saturated carbocycles. The van der Waals surface area contributed by atoms with Crippen LogP contribution in [0.25, 0.3) is 11.3 Å². The standard InChI is InChI=1S/C20H26N6O2/c1-14-15(2)23-28-20(14)16-13-24(3)22-19(16)17-7-4-5-11-26(17)18(27)8-12-25-10-6-9-21-25/h6,9-10,13,17H,4-5,7-8,11-12H2,1-3H3/t17-/m0/s1. The Hall–Kier alpha value is -2.90. The average molecular weight is 382 g/mol. The van der Waals surface area contributed by atoms with E-state index in [1.165, 1.54) is 0 Å². The minimum absolute atomic E-state index is 0.0418. The molecule has 3 aromatic heterocycles. The van der Waals surface area contributed by atoms with E-state index in [9.17, 15) is 4.79 Å². The van der Waals surface area contributed by atoms with E-state index in [2.05, 4.69) is 10.3 Å². The highest BCUT2D eigenvalue weighted by molar-refractivity contribution is 5.77. The summed E-state index contributed by atoms with van der Waals surface area (Å²) in [6, 6.07) is 1.83. The Morgan fingerprint density at radius 2 is 2.18 bits per heavy atom. The number of piperidine rings is 1. The second-order valence-electron chi connectivity index (χ2n) is 7.44. The normalized spacial score (nSPS) is 17.2. The van der Waals surface area contributed by atoms with Crippen LogP contribution in [0.4, 0.5) is 0 Å². The summed E-state index contributed by atoms with van der Waals surface area (Å²) in [5.41, 5.74) is 3.72. The molecule has 0 unspecified atom stereocenters. The molecule has 1 saturated heterocycles. The molecule has 28 heavy (non-hydrogen) atoms. The first kappa shape index (κ1) is 18.5. The van der Waals surface area contributed by atoms with Crippen molar-refractivity contribution >= 4 is 5.91 Å². The molecule has 3 aromatic rings. The second kappa shape index (κ2) is 7.61. The van der Waals surface area contributed by atoms with Gasteiger partial charge in [0, 0.05) is 50.7 Å². The van der Waals surface area contributed by atoms with Gasteiger partial charge < -0.3 is 9.42 Å². The smallest absolute Gasteiger partial charge is 0.225 e. The predicted molar refractivity (Wildman–Crippen MR) is 103 cm³/mol. The summed E-state index contributed by atoms with van der Waals surface area (Å²) in [5.74, 6) is 0.886. The third kappa shape index (κ3) is 3.46. The first-order valence-electron chi connectivity index (χ1n) is 9.78. The molecule has 0 radical (unpaired) electrons. The summed E-state index contributed by atoms with van der Waals surface area (Å²) in [4.78, 5) is 15.0. The third-order valence-corrected chi connectivity index (χ3v) is 5.51. The molecule has 0 spiro atoms. The van der Waals surface area contributed by atoms with Gasteiger partial charge in [0.2, 0.25) is 5.91 Å². The van der Waals surface area contributed by atoms with E-state index in [-0.39, 0.29) is 11.9 Å². The number of aryl methyl sites for hydroxylation is 3. The summed E-state index contributed by atoms with van der Waals surface area (Å²) in [6.45, 7) is 5.29. The highest BCUT2D eigenvalue weighted by Gasteiger charge is 2.33. The van der Waals surface area contributed by atoms with E-state index in [0.717, 1.165) is 54.1 Å². The monoisotopic (exact) mass is 382 g/mol. The lowest BCUT2D eigenvalue weighted by Gasteiger charge is -2.35. The summed E-state index contributed by atoms with van der Waals surface area (Å²) >= 11 is 0. The van der Waals surface area contributed by atoms with Crippen molar-refractivity contribution in [3.05, 3.63) is 41.6 Å². The molecule has 1 fully saturated rings. The Morgan fingerprint density at radius 1 is 1.32 bits per heavy atom. The Balaban J connectivity index is 1.61. The molecule has 4 heterocycles. The van der Waals surface area contributed by atoms with Gasteiger partial charge in [-0.25, -0.2) is 0 Å². The quantitative estimate of drug-likeness (QED) is 0.677. The highest BCUT2D eigenvalue weighted by Crippen LogP contribution is 2.37. The SMILES string of the molecule is Cc1noc(-c2cn(C)nc2[C@@H]2CCCCN2C(=O)CCn2cccn2)c1C. The molecule has 148 valence electrons. The van der Waals surface area contributed by atoms with E-state index < -0.39 is 0 Å². The zero-order chi connectivity index (χ0) is 19.7. The molecular formula is C20H26N6O2. The predicted octanol–water partition coefficient (Wildman–Crippen LogP) is 3.03. The van der Waals surface area contributed by atoms with Crippen LogP contribution < -0.4 is 0 Å². The molecule has 1 amide bonds. The van der Waals surface area contributed by atoms with E-state index in [0.29, 0.717) is 13.0 Å². The molecule has 0 aromatic carbocycles. The largest absolute Gasteiger partial charge is 0.356 e. The zero-order valence-corrected chi connectivity index (χ0v) is 16.6. The molecule has 4 rings (SSSR count). The number of rotatable bonds is 5. The van der Waals surface area contributed by atoms with E-state index in [1.807, 2.05) is 44.3 Å². The molecule has 1 atom stereocenters. The first-order valence-corrected chi connectivity index (χ1v) is 9.78. The fraction of sp³-hybridized carbons (Fsp3) is 0.500. The molecule has 8 heteroatoms. The lowest BCUT2D eigenvalue weighted by Crippen LogP contribution is -2.39. The fourth-order valence-corrected chi connectivity index (χ4v) is 3.89. The van der Waals surface area contributed by atoms with Crippen molar-refractivity contribution in [2.45, 2.75) is 52.1 Å². The summed E-state index contributed by atoms with van der Waals surface area (Å²) in [7, 11) is 1.90. The maximum atomic E-state index is 13.0. The maximum Gasteiger partial charge on any atom is 0.225 e. The van der Waals surface area contributed by atoms with Crippen molar-refractivity contribution in [2.75, 3.05) is 6.54 Å². The van der Waals surface area contributed by atoms with Crippen LogP contribution in [-0.4, -0.2) is 42.1 Å². The fourth-order valence-electron chi connectivity index (χ4n) is 3.89. The van der Waals surface area contributed by atoms with Crippen LogP contribution in [0.5, 0.6) is 0 Å². The Kier molecular flexibility index (Phi) is 5.02. The van der Waals surface area contributed by atoms with Gasteiger partial charge in [0.25, 0.3) is 0 Å².